The van der Waals surface area contributed by atoms with Gasteiger partial charge in [0, 0.05) is 19.3 Å². The van der Waals surface area contributed by atoms with Crippen LogP contribution >= 0.6 is 0 Å². The van der Waals surface area contributed by atoms with Crippen molar-refractivity contribution in [3.05, 3.63) is 0 Å². The van der Waals surface area contributed by atoms with E-state index in [0.29, 0.717) is 13.0 Å². The van der Waals surface area contributed by atoms with Crippen molar-refractivity contribution in [1.82, 2.24) is 0 Å². The van der Waals surface area contributed by atoms with Gasteiger partial charge in [-0.1, -0.05) is 105 Å². The van der Waals surface area contributed by atoms with E-state index >= 15 is 0 Å². The minimum atomic E-state index is -0.685. The number of rotatable bonds is 22. The summed E-state index contributed by atoms with van der Waals surface area (Å²) in [5, 5.41) is 0. The van der Waals surface area contributed by atoms with Crippen molar-refractivity contribution in [1.29, 1.82) is 0 Å². The molecule has 29 heavy (non-hydrogen) atoms. The Hall–Kier alpha value is -0.570. The topological polar surface area (TPSA) is 35.5 Å². The molecule has 0 aliphatic rings. The molecule has 0 aliphatic carbocycles. The Balaban J connectivity index is 4.87. The van der Waals surface area contributed by atoms with Crippen LogP contribution in [-0.2, 0) is 14.3 Å². The van der Waals surface area contributed by atoms with Crippen LogP contribution in [-0.4, -0.2) is 18.4 Å². The smallest absolute Gasteiger partial charge is 0.308 e. The zero-order valence-electron chi connectivity index (χ0n) is 20.4. The first-order chi connectivity index (χ1) is 14.1. The largest absolute Gasteiger partial charge is 0.433 e. The third kappa shape index (κ3) is 16.9. The van der Waals surface area contributed by atoms with Crippen molar-refractivity contribution >= 4 is 5.97 Å². The molecule has 0 saturated heterocycles. The van der Waals surface area contributed by atoms with Gasteiger partial charge >= 0.3 is 5.97 Å². The average Bonchev–Trinajstić information content (AvgIpc) is 2.71. The van der Waals surface area contributed by atoms with Crippen LogP contribution in [0.2, 0.25) is 0 Å². The number of hydrogen-bond acceptors (Lipinski definition) is 3. The molecule has 0 heterocycles. The summed E-state index contributed by atoms with van der Waals surface area (Å²) in [7, 11) is 0. The minimum Gasteiger partial charge on any atom is -0.433 e. The monoisotopic (exact) mass is 412 g/mol. The van der Waals surface area contributed by atoms with Gasteiger partial charge in [-0.15, -0.1) is 0 Å². The Morgan fingerprint density at radius 1 is 0.586 bits per heavy atom. The number of hydrogen-bond donors (Lipinski definition) is 0. The summed E-state index contributed by atoms with van der Waals surface area (Å²) in [4.78, 5) is 12.6. The lowest BCUT2D eigenvalue weighted by Gasteiger charge is -2.34. The number of esters is 1. The van der Waals surface area contributed by atoms with Crippen molar-refractivity contribution in [2.45, 2.75) is 155 Å². The van der Waals surface area contributed by atoms with E-state index in [9.17, 15) is 4.79 Å². The maximum Gasteiger partial charge on any atom is 0.308 e. The highest BCUT2D eigenvalue weighted by Crippen LogP contribution is 2.30. The Bertz CT molecular complexity index is 342. The highest BCUT2D eigenvalue weighted by Gasteiger charge is 2.34. The molecule has 0 aliphatic heterocycles. The zero-order chi connectivity index (χ0) is 21.6. The molecule has 0 unspecified atom stereocenters. The summed E-state index contributed by atoms with van der Waals surface area (Å²) in [6.07, 6.45) is 21.0. The van der Waals surface area contributed by atoms with E-state index in [-0.39, 0.29) is 5.97 Å². The van der Waals surface area contributed by atoms with E-state index in [4.69, 9.17) is 9.47 Å². The number of unbranched alkanes of at least 4 members (excludes halogenated alkanes) is 12. The van der Waals surface area contributed by atoms with Gasteiger partial charge in [0.05, 0.1) is 6.61 Å². The van der Waals surface area contributed by atoms with E-state index in [1.54, 1.807) is 0 Å². The van der Waals surface area contributed by atoms with E-state index in [0.717, 1.165) is 51.4 Å². The lowest BCUT2D eigenvalue weighted by molar-refractivity contribution is -0.240. The van der Waals surface area contributed by atoms with Gasteiger partial charge in [0.1, 0.15) is 0 Å². The van der Waals surface area contributed by atoms with Gasteiger partial charge in [0.15, 0.2) is 0 Å². The first-order valence-electron chi connectivity index (χ1n) is 13.0. The van der Waals surface area contributed by atoms with Gasteiger partial charge in [-0.2, -0.15) is 0 Å². The molecule has 0 saturated carbocycles. The molecule has 0 aromatic heterocycles. The Labute approximate surface area is 182 Å². The fourth-order valence-electron chi connectivity index (χ4n) is 3.78. The molecule has 0 N–H and O–H groups in total. The maximum absolute atomic E-state index is 12.6. The van der Waals surface area contributed by atoms with Crippen LogP contribution in [0.5, 0.6) is 0 Å². The zero-order valence-corrected chi connectivity index (χ0v) is 20.4. The van der Waals surface area contributed by atoms with E-state index < -0.39 is 5.79 Å². The van der Waals surface area contributed by atoms with Gasteiger partial charge < -0.3 is 9.47 Å². The normalized spacial score (nSPS) is 11.7. The maximum atomic E-state index is 12.6. The van der Waals surface area contributed by atoms with Crippen LogP contribution in [0.3, 0.4) is 0 Å². The second kappa shape index (κ2) is 20.7. The predicted molar refractivity (Wildman–Crippen MR) is 125 cm³/mol. The Morgan fingerprint density at radius 2 is 1.03 bits per heavy atom. The second-order valence-electron chi connectivity index (χ2n) is 8.73. The van der Waals surface area contributed by atoms with Crippen LogP contribution in [0.1, 0.15) is 150 Å². The van der Waals surface area contributed by atoms with Crippen molar-refractivity contribution in [3.63, 3.8) is 0 Å². The number of carbonyl (C=O) groups is 1. The fourth-order valence-corrected chi connectivity index (χ4v) is 3.78. The Morgan fingerprint density at radius 3 is 1.55 bits per heavy atom. The van der Waals surface area contributed by atoms with Gasteiger partial charge in [-0.25, -0.2) is 0 Å². The first kappa shape index (κ1) is 28.4. The predicted octanol–water partition coefficient (Wildman–Crippen LogP) is 8.73. The third-order valence-electron chi connectivity index (χ3n) is 5.72. The average molecular weight is 413 g/mol. The van der Waals surface area contributed by atoms with E-state index in [2.05, 4.69) is 27.7 Å². The molecule has 3 heteroatoms. The lowest BCUT2D eigenvalue weighted by atomic mass is 9.99. The van der Waals surface area contributed by atoms with Gasteiger partial charge in [0.25, 0.3) is 0 Å². The van der Waals surface area contributed by atoms with Gasteiger partial charge in [-0.3, -0.25) is 4.79 Å². The molecular formula is C26H52O3. The van der Waals surface area contributed by atoms with Crippen LogP contribution in [0.25, 0.3) is 0 Å². The Kier molecular flexibility index (Phi) is 20.3. The molecule has 0 spiro atoms. The summed E-state index contributed by atoms with van der Waals surface area (Å²) in [6.45, 7) is 9.59. The van der Waals surface area contributed by atoms with Crippen molar-refractivity contribution < 1.29 is 14.3 Å². The summed E-state index contributed by atoms with van der Waals surface area (Å²) >= 11 is 0. The molecule has 0 bridgehead atoms. The van der Waals surface area contributed by atoms with Crippen molar-refractivity contribution in [2.75, 3.05) is 6.61 Å². The lowest BCUT2D eigenvalue weighted by Crippen LogP contribution is -2.39. The quantitative estimate of drug-likeness (QED) is 0.101. The molecular weight excluding hydrogens is 360 g/mol. The third-order valence-corrected chi connectivity index (χ3v) is 5.72. The van der Waals surface area contributed by atoms with Gasteiger partial charge in [0.2, 0.25) is 5.79 Å². The van der Waals surface area contributed by atoms with Crippen LogP contribution < -0.4 is 0 Å². The summed E-state index contributed by atoms with van der Waals surface area (Å²) < 4.78 is 12.5. The van der Waals surface area contributed by atoms with Gasteiger partial charge in [-0.05, 0) is 25.7 Å². The molecule has 0 amide bonds. The summed E-state index contributed by atoms with van der Waals surface area (Å²) in [6, 6.07) is 0. The standard InChI is InChI=1S/C26H52O3/c1-5-9-13-16-20-24-28-26(22-18-14-10-6-2,23-19-15-11-7-3)29-25(27)21-17-12-8-4/h5-24H2,1-4H3. The number of carbonyl (C=O) groups excluding carboxylic acids is 1. The second-order valence-corrected chi connectivity index (χ2v) is 8.73. The van der Waals surface area contributed by atoms with Crippen LogP contribution in [0.15, 0.2) is 0 Å². The molecule has 0 rings (SSSR count). The van der Waals surface area contributed by atoms with Crippen molar-refractivity contribution in [2.24, 2.45) is 0 Å². The van der Waals surface area contributed by atoms with Crippen LogP contribution in [0, 0.1) is 0 Å². The number of ether oxygens (including phenoxy) is 2. The molecule has 3 nitrogen and oxygen atoms in total. The molecule has 0 fully saturated rings. The van der Waals surface area contributed by atoms with E-state index in [1.165, 1.54) is 64.2 Å². The SMILES string of the molecule is CCCCCCCOC(CCCCCC)(CCCCCC)OC(=O)CCCCC. The fraction of sp³-hybridized carbons (Fsp3) is 0.962. The summed E-state index contributed by atoms with van der Waals surface area (Å²) in [5.41, 5.74) is 0. The van der Waals surface area contributed by atoms with Crippen molar-refractivity contribution in [3.8, 4) is 0 Å². The first-order valence-corrected chi connectivity index (χ1v) is 13.0. The van der Waals surface area contributed by atoms with Crippen LogP contribution in [0.4, 0.5) is 0 Å². The van der Waals surface area contributed by atoms with E-state index in [1.807, 2.05) is 0 Å². The minimum absolute atomic E-state index is 0.0598. The molecule has 174 valence electrons. The highest BCUT2D eigenvalue weighted by molar-refractivity contribution is 5.69. The molecule has 0 atom stereocenters. The molecule has 0 radical (unpaired) electrons. The highest BCUT2D eigenvalue weighted by atomic mass is 16.7. The molecule has 0 aromatic rings. The molecule has 0 aromatic carbocycles. The summed E-state index contributed by atoms with van der Waals surface area (Å²) in [5.74, 6) is -0.745.